The summed E-state index contributed by atoms with van der Waals surface area (Å²) in [5.74, 6) is 0. The van der Waals surface area contributed by atoms with Crippen LogP contribution >= 0.6 is 0 Å². The van der Waals surface area contributed by atoms with Crippen LogP contribution in [-0.2, 0) is 5.41 Å². The second-order valence-corrected chi connectivity index (χ2v) is 14.1. The molecule has 0 fully saturated rings. The number of furan rings is 1. The molecule has 0 atom stereocenters. The smallest absolute Gasteiger partial charge is 0.143 e. The third-order valence-corrected chi connectivity index (χ3v) is 11.2. The Hall–Kier alpha value is -5.92. The summed E-state index contributed by atoms with van der Waals surface area (Å²) in [6.45, 7) is 4.68. The molecule has 224 valence electrons. The van der Waals surface area contributed by atoms with E-state index in [1.165, 1.54) is 87.4 Å². The van der Waals surface area contributed by atoms with Gasteiger partial charge in [0.25, 0.3) is 0 Å². The molecule has 1 nitrogen and oxygen atoms in total. The molecule has 1 aromatic heterocycles. The topological polar surface area (TPSA) is 13.1 Å². The van der Waals surface area contributed by atoms with Gasteiger partial charge in [-0.3, -0.25) is 0 Å². The van der Waals surface area contributed by atoms with Gasteiger partial charge in [0.05, 0.1) is 0 Å². The molecule has 0 saturated carbocycles. The van der Waals surface area contributed by atoms with Crippen LogP contribution in [0, 0.1) is 0 Å². The van der Waals surface area contributed by atoms with Crippen LogP contribution in [0.3, 0.4) is 0 Å². The minimum absolute atomic E-state index is 0.0296. The molecule has 0 unspecified atom stereocenters. The van der Waals surface area contributed by atoms with Gasteiger partial charge in [0.1, 0.15) is 11.2 Å². The lowest BCUT2D eigenvalue weighted by Crippen LogP contribution is -2.14. The highest BCUT2D eigenvalue weighted by Gasteiger charge is 2.35. The lowest BCUT2D eigenvalue weighted by molar-refractivity contribution is 0.660. The average Bonchev–Trinajstić information content (AvgIpc) is 3.61. The minimum atomic E-state index is -0.0296. The highest BCUT2D eigenvalue weighted by Crippen LogP contribution is 2.51. The van der Waals surface area contributed by atoms with Gasteiger partial charge in [0, 0.05) is 21.8 Å². The Kier molecular flexibility index (Phi) is 4.97. The molecule has 1 aliphatic rings. The molecular weight excluding hydrogens is 581 g/mol. The van der Waals surface area contributed by atoms with E-state index in [4.69, 9.17) is 4.42 Å². The molecule has 0 amide bonds. The SMILES string of the molecule is CC1(C)c2ccccc2-c2cc(-c3ccc(-c4ccc5ccc6cccc7ccc4c5c67)c4c3oc3cc5ccccc5cc34)ccc21. The first-order chi connectivity index (χ1) is 23.5. The van der Waals surface area contributed by atoms with Crippen molar-refractivity contribution < 1.29 is 4.42 Å². The van der Waals surface area contributed by atoms with Crippen molar-refractivity contribution in [3.63, 3.8) is 0 Å². The second-order valence-electron chi connectivity index (χ2n) is 14.1. The fourth-order valence-electron chi connectivity index (χ4n) is 8.87. The zero-order valence-electron chi connectivity index (χ0n) is 26.8. The summed E-state index contributed by atoms with van der Waals surface area (Å²) < 4.78 is 6.96. The molecule has 48 heavy (non-hydrogen) atoms. The summed E-state index contributed by atoms with van der Waals surface area (Å²) >= 11 is 0. The van der Waals surface area contributed by atoms with E-state index >= 15 is 0 Å². The summed E-state index contributed by atoms with van der Waals surface area (Å²) in [6.07, 6.45) is 0. The normalized spacial score (nSPS) is 13.8. The van der Waals surface area contributed by atoms with E-state index in [2.05, 4.69) is 159 Å². The molecule has 1 aliphatic carbocycles. The molecule has 0 N–H and O–H groups in total. The number of hydrogen-bond acceptors (Lipinski definition) is 1. The molecule has 0 bridgehead atoms. The highest BCUT2D eigenvalue weighted by molar-refractivity contribution is 6.27. The third kappa shape index (κ3) is 3.35. The van der Waals surface area contributed by atoms with Crippen LogP contribution in [0.5, 0.6) is 0 Å². The number of fused-ring (bicyclic) bond motifs is 7. The first-order valence-corrected chi connectivity index (χ1v) is 16.8. The minimum Gasteiger partial charge on any atom is -0.455 e. The Morgan fingerprint density at radius 1 is 0.396 bits per heavy atom. The zero-order chi connectivity index (χ0) is 31.7. The molecule has 0 saturated heterocycles. The molecule has 9 aromatic carbocycles. The Labute approximate surface area is 278 Å². The Morgan fingerprint density at radius 2 is 1.04 bits per heavy atom. The van der Waals surface area contributed by atoms with Crippen LogP contribution in [0.2, 0.25) is 0 Å². The molecule has 1 heteroatoms. The fraction of sp³-hybridized carbons (Fsp3) is 0.0638. The van der Waals surface area contributed by atoms with Gasteiger partial charge in [-0.2, -0.15) is 0 Å². The van der Waals surface area contributed by atoms with Gasteiger partial charge in [-0.05, 0) is 106 Å². The van der Waals surface area contributed by atoms with E-state index in [0.717, 1.165) is 22.1 Å². The maximum atomic E-state index is 6.96. The average molecular weight is 611 g/mol. The molecule has 1 heterocycles. The van der Waals surface area contributed by atoms with Gasteiger partial charge < -0.3 is 4.42 Å². The van der Waals surface area contributed by atoms with Crippen LogP contribution in [0.4, 0.5) is 0 Å². The van der Waals surface area contributed by atoms with E-state index in [-0.39, 0.29) is 5.41 Å². The van der Waals surface area contributed by atoms with E-state index in [0.29, 0.717) is 0 Å². The molecule has 11 rings (SSSR count). The number of rotatable bonds is 2. The maximum absolute atomic E-state index is 6.96. The van der Waals surface area contributed by atoms with Crippen LogP contribution in [0.25, 0.3) is 98.4 Å². The summed E-state index contributed by atoms with van der Waals surface area (Å²) in [4.78, 5) is 0. The quantitative estimate of drug-likeness (QED) is 0.178. The van der Waals surface area contributed by atoms with Gasteiger partial charge in [-0.15, -0.1) is 0 Å². The van der Waals surface area contributed by atoms with Crippen molar-refractivity contribution in [1.29, 1.82) is 0 Å². The van der Waals surface area contributed by atoms with Crippen molar-refractivity contribution in [3.05, 3.63) is 157 Å². The van der Waals surface area contributed by atoms with Gasteiger partial charge in [-0.25, -0.2) is 0 Å². The fourth-order valence-corrected chi connectivity index (χ4v) is 8.87. The maximum Gasteiger partial charge on any atom is 0.143 e. The molecule has 10 aromatic rings. The standard InChI is InChI=1S/C47H30O/c1-47(2)40-13-6-5-12-35(40)38-25-32(18-23-41(38)47)33-21-22-37(45-39-24-30-8-3-4-9-31(30)26-42(39)48-46(33)45)34-19-16-29-15-14-27-10-7-11-28-17-20-36(34)44(29)43(27)28/h3-26H,1-2H3. The zero-order valence-corrected chi connectivity index (χ0v) is 26.8. The van der Waals surface area contributed by atoms with Crippen LogP contribution in [0.15, 0.2) is 150 Å². The Morgan fingerprint density at radius 3 is 1.90 bits per heavy atom. The van der Waals surface area contributed by atoms with Crippen molar-refractivity contribution in [2.24, 2.45) is 0 Å². The van der Waals surface area contributed by atoms with Gasteiger partial charge in [-0.1, -0.05) is 135 Å². The highest BCUT2D eigenvalue weighted by atomic mass is 16.3. The van der Waals surface area contributed by atoms with Crippen molar-refractivity contribution >= 4 is 65.0 Å². The van der Waals surface area contributed by atoms with Crippen molar-refractivity contribution in [2.75, 3.05) is 0 Å². The van der Waals surface area contributed by atoms with E-state index in [9.17, 15) is 0 Å². The van der Waals surface area contributed by atoms with Gasteiger partial charge in [0.2, 0.25) is 0 Å². The molecule has 0 radical (unpaired) electrons. The van der Waals surface area contributed by atoms with E-state index < -0.39 is 0 Å². The van der Waals surface area contributed by atoms with Crippen molar-refractivity contribution in [2.45, 2.75) is 19.3 Å². The molecular formula is C47H30O. The summed E-state index contributed by atoms with van der Waals surface area (Å²) in [5, 5.41) is 12.5. The van der Waals surface area contributed by atoms with E-state index in [1.54, 1.807) is 0 Å². The van der Waals surface area contributed by atoms with E-state index in [1.807, 2.05) is 0 Å². The summed E-state index contributed by atoms with van der Waals surface area (Å²) in [6, 6.07) is 53.9. The second kappa shape index (κ2) is 9.12. The predicted molar refractivity (Wildman–Crippen MR) is 203 cm³/mol. The first kappa shape index (κ1) is 26.2. The Balaban J connectivity index is 1.23. The largest absolute Gasteiger partial charge is 0.455 e. The number of hydrogen-bond donors (Lipinski definition) is 0. The van der Waals surface area contributed by atoms with Crippen LogP contribution in [-0.4, -0.2) is 0 Å². The van der Waals surface area contributed by atoms with Crippen molar-refractivity contribution in [3.8, 4) is 33.4 Å². The molecule has 0 spiro atoms. The lowest BCUT2D eigenvalue weighted by atomic mass is 9.82. The predicted octanol–water partition coefficient (Wildman–Crippen LogP) is 13.3. The first-order valence-electron chi connectivity index (χ1n) is 16.8. The monoisotopic (exact) mass is 610 g/mol. The third-order valence-electron chi connectivity index (χ3n) is 11.2. The van der Waals surface area contributed by atoms with Crippen LogP contribution < -0.4 is 0 Å². The Bertz CT molecular complexity index is 2960. The molecule has 0 aliphatic heterocycles. The van der Waals surface area contributed by atoms with Gasteiger partial charge >= 0.3 is 0 Å². The summed E-state index contributed by atoms with van der Waals surface area (Å²) in [7, 11) is 0. The van der Waals surface area contributed by atoms with Crippen molar-refractivity contribution in [1.82, 2.24) is 0 Å². The number of benzene rings is 9. The van der Waals surface area contributed by atoms with Gasteiger partial charge in [0.15, 0.2) is 0 Å². The van der Waals surface area contributed by atoms with Crippen LogP contribution in [0.1, 0.15) is 25.0 Å². The lowest BCUT2D eigenvalue weighted by Gasteiger charge is -2.21. The summed E-state index contributed by atoms with van der Waals surface area (Å²) in [5.41, 5.74) is 12.0.